The second-order valence-corrected chi connectivity index (χ2v) is 5.72. The fraction of sp³-hybridized carbons (Fsp3) is 0.350. The van der Waals surface area contributed by atoms with Crippen LogP contribution in [0.3, 0.4) is 0 Å². The number of carbonyl (C=O) groups is 2. The number of ether oxygens (including phenoxy) is 2. The van der Waals surface area contributed by atoms with Gasteiger partial charge in [0.1, 0.15) is 0 Å². The molecule has 0 aliphatic heterocycles. The maximum Gasteiger partial charge on any atom is 0.324 e. The first-order valence-corrected chi connectivity index (χ1v) is 8.39. The van der Waals surface area contributed by atoms with Gasteiger partial charge in [-0.15, -0.1) is 0 Å². The maximum absolute atomic E-state index is 12.8. The van der Waals surface area contributed by atoms with Crippen molar-refractivity contribution in [2.24, 2.45) is 5.41 Å². The van der Waals surface area contributed by atoms with E-state index in [4.69, 9.17) is 9.47 Å². The molecule has 0 atom stereocenters. The predicted molar refractivity (Wildman–Crippen MR) is 93.8 cm³/mol. The SMILES string of the molecule is CCOC(=O)C(Cc1ccccc1)(Cc1cccnc1)C(=O)OCC. The van der Waals surface area contributed by atoms with Gasteiger partial charge in [0.05, 0.1) is 13.2 Å². The fourth-order valence-electron chi connectivity index (χ4n) is 2.77. The van der Waals surface area contributed by atoms with E-state index in [-0.39, 0.29) is 26.1 Å². The molecule has 0 amide bonds. The number of hydrogen-bond acceptors (Lipinski definition) is 5. The van der Waals surface area contributed by atoms with E-state index in [1.54, 1.807) is 32.3 Å². The van der Waals surface area contributed by atoms with Crippen LogP contribution in [-0.4, -0.2) is 30.1 Å². The monoisotopic (exact) mass is 341 g/mol. The van der Waals surface area contributed by atoms with Crippen LogP contribution in [0.25, 0.3) is 0 Å². The summed E-state index contributed by atoms with van der Waals surface area (Å²) in [6.45, 7) is 3.84. The molecule has 1 heterocycles. The summed E-state index contributed by atoms with van der Waals surface area (Å²) in [6.07, 6.45) is 3.68. The molecule has 132 valence electrons. The zero-order valence-corrected chi connectivity index (χ0v) is 14.6. The Labute approximate surface area is 148 Å². The second kappa shape index (κ2) is 8.97. The van der Waals surface area contributed by atoms with Crippen LogP contribution in [-0.2, 0) is 31.9 Å². The van der Waals surface area contributed by atoms with E-state index in [1.807, 2.05) is 36.4 Å². The van der Waals surface area contributed by atoms with Crippen LogP contribution in [0.4, 0.5) is 0 Å². The minimum atomic E-state index is -1.43. The van der Waals surface area contributed by atoms with Gasteiger partial charge in [0.25, 0.3) is 0 Å². The molecule has 0 saturated carbocycles. The van der Waals surface area contributed by atoms with Crippen LogP contribution >= 0.6 is 0 Å². The minimum Gasteiger partial charge on any atom is -0.465 e. The lowest BCUT2D eigenvalue weighted by Crippen LogP contribution is -2.45. The standard InChI is InChI=1S/C20H23NO4/c1-3-24-18(22)20(19(23)25-4-2,13-16-9-6-5-7-10-16)14-17-11-8-12-21-15-17/h5-12,15H,3-4,13-14H2,1-2H3. The van der Waals surface area contributed by atoms with Crippen molar-refractivity contribution >= 4 is 11.9 Å². The summed E-state index contributed by atoms with van der Waals surface area (Å²) in [4.78, 5) is 29.8. The van der Waals surface area contributed by atoms with Gasteiger partial charge in [0.2, 0.25) is 0 Å². The van der Waals surface area contributed by atoms with E-state index in [9.17, 15) is 9.59 Å². The average Bonchev–Trinajstić information content (AvgIpc) is 2.63. The molecule has 0 fully saturated rings. The minimum absolute atomic E-state index is 0.174. The fourth-order valence-corrected chi connectivity index (χ4v) is 2.77. The lowest BCUT2D eigenvalue weighted by Gasteiger charge is -2.29. The molecule has 2 aromatic rings. The Morgan fingerprint density at radius 3 is 1.96 bits per heavy atom. The first-order valence-electron chi connectivity index (χ1n) is 8.39. The summed E-state index contributed by atoms with van der Waals surface area (Å²) >= 11 is 0. The summed E-state index contributed by atoms with van der Waals surface area (Å²) in [6, 6.07) is 13.0. The Balaban J connectivity index is 2.47. The third kappa shape index (κ3) is 4.66. The Hall–Kier alpha value is -2.69. The predicted octanol–water partition coefficient (Wildman–Crippen LogP) is 2.98. The van der Waals surface area contributed by atoms with Crippen LogP contribution < -0.4 is 0 Å². The lowest BCUT2D eigenvalue weighted by molar-refractivity contribution is -0.172. The molecule has 1 aromatic heterocycles. The first-order chi connectivity index (χ1) is 12.1. The van der Waals surface area contributed by atoms with E-state index in [2.05, 4.69) is 4.98 Å². The normalized spacial score (nSPS) is 11.0. The summed E-state index contributed by atoms with van der Waals surface area (Å²) < 4.78 is 10.5. The van der Waals surface area contributed by atoms with Crippen molar-refractivity contribution in [2.75, 3.05) is 13.2 Å². The van der Waals surface area contributed by atoms with Crippen LogP contribution in [0.2, 0.25) is 0 Å². The van der Waals surface area contributed by atoms with Crippen molar-refractivity contribution in [1.29, 1.82) is 0 Å². The van der Waals surface area contributed by atoms with E-state index >= 15 is 0 Å². The van der Waals surface area contributed by atoms with E-state index in [0.29, 0.717) is 0 Å². The highest BCUT2D eigenvalue weighted by molar-refractivity contribution is 6.00. The number of esters is 2. The van der Waals surface area contributed by atoms with Crippen molar-refractivity contribution in [3.63, 3.8) is 0 Å². The molecule has 5 nitrogen and oxygen atoms in total. The molecular weight excluding hydrogens is 318 g/mol. The molecule has 0 bridgehead atoms. The molecule has 0 aliphatic rings. The summed E-state index contributed by atoms with van der Waals surface area (Å²) in [5.74, 6) is -1.14. The molecule has 0 aliphatic carbocycles. The molecule has 0 saturated heterocycles. The quantitative estimate of drug-likeness (QED) is 0.545. The molecule has 0 radical (unpaired) electrons. The average molecular weight is 341 g/mol. The van der Waals surface area contributed by atoms with Crippen molar-refractivity contribution in [3.05, 3.63) is 66.0 Å². The second-order valence-electron chi connectivity index (χ2n) is 5.72. The van der Waals surface area contributed by atoms with Crippen molar-refractivity contribution in [2.45, 2.75) is 26.7 Å². The Morgan fingerprint density at radius 1 is 0.880 bits per heavy atom. The van der Waals surface area contributed by atoms with Gasteiger partial charge < -0.3 is 9.47 Å². The number of nitrogens with zero attached hydrogens (tertiary/aromatic N) is 1. The molecule has 0 spiro atoms. The number of benzene rings is 1. The van der Waals surface area contributed by atoms with Gasteiger partial charge in [-0.2, -0.15) is 0 Å². The summed E-state index contributed by atoms with van der Waals surface area (Å²) in [7, 11) is 0. The van der Waals surface area contributed by atoms with Gasteiger partial charge in [-0.05, 0) is 37.5 Å². The van der Waals surface area contributed by atoms with Gasteiger partial charge in [0.15, 0.2) is 5.41 Å². The molecule has 25 heavy (non-hydrogen) atoms. The molecule has 1 aromatic carbocycles. The zero-order chi connectivity index (χ0) is 18.1. The number of hydrogen-bond donors (Lipinski definition) is 0. The van der Waals surface area contributed by atoms with Gasteiger partial charge in [0, 0.05) is 18.8 Å². The zero-order valence-electron chi connectivity index (χ0n) is 14.6. The Kier molecular flexibility index (Phi) is 6.69. The van der Waals surface area contributed by atoms with Gasteiger partial charge in [-0.1, -0.05) is 36.4 Å². The van der Waals surface area contributed by atoms with E-state index < -0.39 is 17.4 Å². The number of pyridine rings is 1. The van der Waals surface area contributed by atoms with Crippen LogP contribution in [0, 0.1) is 5.41 Å². The van der Waals surface area contributed by atoms with Crippen molar-refractivity contribution in [1.82, 2.24) is 4.98 Å². The maximum atomic E-state index is 12.8. The third-order valence-corrected chi connectivity index (χ3v) is 3.91. The Bertz CT molecular complexity index is 624. The number of aromatic nitrogens is 1. The van der Waals surface area contributed by atoms with Gasteiger partial charge >= 0.3 is 11.9 Å². The van der Waals surface area contributed by atoms with Crippen LogP contribution in [0.5, 0.6) is 0 Å². The third-order valence-electron chi connectivity index (χ3n) is 3.91. The van der Waals surface area contributed by atoms with E-state index in [0.717, 1.165) is 11.1 Å². The molecule has 2 rings (SSSR count). The smallest absolute Gasteiger partial charge is 0.324 e. The molecular formula is C20H23NO4. The summed E-state index contributed by atoms with van der Waals surface area (Å²) in [5, 5.41) is 0. The topological polar surface area (TPSA) is 65.5 Å². The summed E-state index contributed by atoms with van der Waals surface area (Å²) in [5.41, 5.74) is 0.211. The van der Waals surface area contributed by atoms with E-state index in [1.165, 1.54) is 0 Å². The van der Waals surface area contributed by atoms with Gasteiger partial charge in [-0.25, -0.2) is 0 Å². The molecule has 0 N–H and O–H groups in total. The van der Waals surface area contributed by atoms with Crippen molar-refractivity contribution in [3.8, 4) is 0 Å². The lowest BCUT2D eigenvalue weighted by atomic mass is 9.76. The highest BCUT2D eigenvalue weighted by Crippen LogP contribution is 2.31. The Morgan fingerprint density at radius 2 is 1.44 bits per heavy atom. The van der Waals surface area contributed by atoms with Gasteiger partial charge in [-0.3, -0.25) is 14.6 Å². The number of carbonyl (C=O) groups excluding carboxylic acids is 2. The van der Waals surface area contributed by atoms with Crippen LogP contribution in [0.15, 0.2) is 54.9 Å². The largest absolute Gasteiger partial charge is 0.465 e. The highest BCUT2D eigenvalue weighted by atomic mass is 16.6. The highest BCUT2D eigenvalue weighted by Gasteiger charge is 2.49. The molecule has 0 unspecified atom stereocenters. The first kappa shape index (κ1) is 18.6. The van der Waals surface area contributed by atoms with Crippen LogP contribution in [0.1, 0.15) is 25.0 Å². The molecule has 5 heteroatoms. The van der Waals surface area contributed by atoms with Crippen molar-refractivity contribution < 1.29 is 19.1 Å². The number of rotatable bonds is 8.